The molecule has 0 saturated heterocycles. The van der Waals surface area contributed by atoms with Gasteiger partial charge in [-0.15, -0.1) is 11.3 Å². The van der Waals surface area contributed by atoms with Crippen LogP contribution in [0, 0.1) is 5.82 Å². The fraction of sp³-hybridized carbons (Fsp3) is 0.438. The third kappa shape index (κ3) is 4.88. The van der Waals surface area contributed by atoms with Crippen molar-refractivity contribution >= 4 is 11.3 Å². The molecule has 0 aromatic carbocycles. The Labute approximate surface area is 129 Å². The van der Waals surface area contributed by atoms with Crippen LogP contribution in [-0.2, 0) is 6.54 Å². The Bertz CT molecular complexity index is 525. The smallest absolute Gasteiger partial charge is 0.141 e. The van der Waals surface area contributed by atoms with Gasteiger partial charge in [0.15, 0.2) is 0 Å². The fourth-order valence-corrected chi connectivity index (χ4v) is 2.91. The molecule has 0 radical (unpaired) electrons. The highest BCUT2D eigenvalue weighted by atomic mass is 32.1. The second kappa shape index (κ2) is 7.64. The van der Waals surface area contributed by atoms with Crippen molar-refractivity contribution in [3.8, 4) is 0 Å². The number of halogens is 1. The normalized spacial score (nSPS) is 13.0. The minimum absolute atomic E-state index is 0.157. The van der Waals surface area contributed by atoms with Gasteiger partial charge in [0.1, 0.15) is 5.82 Å². The first-order valence-corrected chi connectivity index (χ1v) is 8.07. The zero-order valence-corrected chi connectivity index (χ0v) is 13.3. The lowest BCUT2D eigenvalue weighted by atomic mass is 10.1. The van der Waals surface area contributed by atoms with Crippen molar-refractivity contribution in [2.24, 2.45) is 5.73 Å². The van der Waals surface area contributed by atoms with Crippen LogP contribution in [0.3, 0.4) is 0 Å². The summed E-state index contributed by atoms with van der Waals surface area (Å²) in [4.78, 5) is 7.82. The van der Waals surface area contributed by atoms with Crippen molar-refractivity contribution in [1.82, 2.24) is 9.88 Å². The van der Waals surface area contributed by atoms with Crippen LogP contribution in [0.1, 0.15) is 36.9 Å². The van der Waals surface area contributed by atoms with Gasteiger partial charge in [-0.05, 0) is 43.8 Å². The van der Waals surface area contributed by atoms with Crippen LogP contribution >= 0.6 is 11.3 Å². The monoisotopic (exact) mass is 307 g/mol. The predicted octanol–water partition coefficient (Wildman–Crippen LogP) is 3.58. The number of thiophene rings is 1. The highest BCUT2D eigenvalue weighted by Crippen LogP contribution is 2.17. The van der Waals surface area contributed by atoms with Gasteiger partial charge in [0.25, 0.3) is 0 Å². The van der Waals surface area contributed by atoms with Crippen LogP contribution in [0.5, 0.6) is 0 Å². The van der Waals surface area contributed by atoms with Gasteiger partial charge in [-0.3, -0.25) is 9.88 Å². The first kappa shape index (κ1) is 16.1. The number of pyridine rings is 1. The summed E-state index contributed by atoms with van der Waals surface area (Å²) in [5.41, 5.74) is 6.90. The molecule has 2 N–H and O–H groups in total. The second-order valence-electron chi connectivity index (χ2n) is 5.44. The third-order valence-electron chi connectivity index (χ3n) is 3.53. The Morgan fingerprint density at radius 3 is 2.71 bits per heavy atom. The van der Waals surface area contributed by atoms with Gasteiger partial charge in [-0.2, -0.15) is 0 Å². The van der Waals surface area contributed by atoms with Crippen molar-refractivity contribution in [2.45, 2.75) is 38.9 Å². The number of nitrogens with two attached hydrogens (primary N) is 1. The molecule has 2 aromatic heterocycles. The molecule has 2 rings (SSSR count). The minimum atomic E-state index is -0.326. The molecular weight excluding hydrogens is 285 g/mol. The van der Waals surface area contributed by atoms with Crippen molar-refractivity contribution in [1.29, 1.82) is 0 Å². The van der Waals surface area contributed by atoms with Gasteiger partial charge in [0.05, 0.1) is 11.9 Å². The molecule has 5 heteroatoms. The van der Waals surface area contributed by atoms with E-state index in [1.165, 1.54) is 17.1 Å². The Hall–Kier alpha value is -1.30. The Morgan fingerprint density at radius 2 is 2.14 bits per heavy atom. The van der Waals surface area contributed by atoms with Gasteiger partial charge >= 0.3 is 0 Å². The van der Waals surface area contributed by atoms with E-state index in [2.05, 4.69) is 41.2 Å². The number of nitrogens with zero attached hydrogens (tertiary/aromatic N) is 2. The lowest BCUT2D eigenvalue weighted by Crippen LogP contribution is -2.32. The molecule has 0 bridgehead atoms. The maximum absolute atomic E-state index is 12.9. The van der Waals surface area contributed by atoms with Crippen LogP contribution in [0.2, 0.25) is 0 Å². The van der Waals surface area contributed by atoms with E-state index in [0.717, 1.165) is 25.2 Å². The molecule has 3 nitrogen and oxygen atoms in total. The summed E-state index contributed by atoms with van der Waals surface area (Å²) in [5, 5.41) is 2.10. The summed E-state index contributed by atoms with van der Waals surface area (Å²) in [5.74, 6) is -0.326. The summed E-state index contributed by atoms with van der Waals surface area (Å²) in [7, 11) is 0. The molecule has 0 spiro atoms. The van der Waals surface area contributed by atoms with Crippen LogP contribution < -0.4 is 5.73 Å². The molecule has 0 aliphatic rings. The lowest BCUT2D eigenvalue weighted by Gasteiger charge is -2.27. The average molecular weight is 307 g/mol. The van der Waals surface area contributed by atoms with E-state index in [0.29, 0.717) is 6.04 Å². The molecule has 0 fully saturated rings. The third-order valence-corrected chi connectivity index (χ3v) is 4.39. The Morgan fingerprint density at radius 1 is 1.33 bits per heavy atom. The summed E-state index contributed by atoms with van der Waals surface area (Å²) < 4.78 is 12.9. The molecule has 114 valence electrons. The largest absolute Gasteiger partial charge is 0.323 e. The topological polar surface area (TPSA) is 42.1 Å². The quantitative estimate of drug-likeness (QED) is 0.850. The van der Waals surface area contributed by atoms with Crippen LogP contribution in [-0.4, -0.2) is 22.5 Å². The number of rotatable bonds is 7. The minimum Gasteiger partial charge on any atom is -0.323 e. The van der Waals surface area contributed by atoms with Gasteiger partial charge < -0.3 is 5.73 Å². The molecule has 0 saturated carbocycles. The number of hydrogen-bond acceptors (Lipinski definition) is 4. The van der Waals surface area contributed by atoms with E-state index in [1.54, 1.807) is 17.4 Å². The van der Waals surface area contributed by atoms with Crippen molar-refractivity contribution in [3.05, 3.63) is 52.2 Å². The van der Waals surface area contributed by atoms with E-state index in [9.17, 15) is 4.39 Å². The van der Waals surface area contributed by atoms with Gasteiger partial charge in [0.2, 0.25) is 0 Å². The van der Waals surface area contributed by atoms with E-state index in [-0.39, 0.29) is 11.9 Å². The first-order valence-electron chi connectivity index (χ1n) is 7.19. The molecule has 2 aromatic rings. The average Bonchev–Trinajstić information content (AvgIpc) is 2.96. The SMILES string of the molecule is CC(C)N(CCC(N)c1ccc(F)cn1)Cc1cccs1. The highest BCUT2D eigenvalue weighted by molar-refractivity contribution is 7.09. The van der Waals surface area contributed by atoms with Gasteiger partial charge in [-0.25, -0.2) is 4.39 Å². The first-order chi connectivity index (χ1) is 10.1. The maximum Gasteiger partial charge on any atom is 0.141 e. The Balaban J connectivity index is 1.90. The molecule has 21 heavy (non-hydrogen) atoms. The maximum atomic E-state index is 12.9. The van der Waals surface area contributed by atoms with Gasteiger partial charge in [-0.1, -0.05) is 6.07 Å². The molecule has 2 heterocycles. The Kier molecular flexibility index (Phi) is 5.85. The predicted molar refractivity (Wildman–Crippen MR) is 85.6 cm³/mol. The van der Waals surface area contributed by atoms with E-state index >= 15 is 0 Å². The van der Waals surface area contributed by atoms with Crippen molar-refractivity contribution in [2.75, 3.05) is 6.54 Å². The number of hydrogen-bond donors (Lipinski definition) is 1. The van der Waals surface area contributed by atoms with Crippen molar-refractivity contribution in [3.63, 3.8) is 0 Å². The van der Waals surface area contributed by atoms with Gasteiger partial charge in [0, 0.05) is 30.1 Å². The summed E-state index contributed by atoms with van der Waals surface area (Å²) in [6.45, 7) is 6.22. The van der Waals surface area contributed by atoms with Crippen molar-refractivity contribution < 1.29 is 4.39 Å². The standard InChI is InChI=1S/C16H22FN3S/c1-12(2)20(11-14-4-3-9-21-14)8-7-15(18)16-6-5-13(17)10-19-16/h3-6,9-10,12,15H,7-8,11,18H2,1-2H3. The molecule has 0 aliphatic carbocycles. The van der Waals surface area contributed by atoms with E-state index in [1.807, 2.05) is 0 Å². The molecule has 1 atom stereocenters. The molecule has 1 unspecified atom stereocenters. The van der Waals surface area contributed by atoms with Crippen LogP contribution in [0.4, 0.5) is 4.39 Å². The second-order valence-corrected chi connectivity index (χ2v) is 6.47. The lowest BCUT2D eigenvalue weighted by molar-refractivity contribution is 0.206. The molecule has 0 amide bonds. The van der Waals surface area contributed by atoms with Crippen LogP contribution in [0.25, 0.3) is 0 Å². The van der Waals surface area contributed by atoms with E-state index in [4.69, 9.17) is 5.73 Å². The molecule has 0 aliphatic heterocycles. The summed E-state index contributed by atoms with van der Waals surface area (Å²) >= 11 is 1.77. The summed E-state index contributed by atoms with van der Waals surface area (Å²) in [6, 6.07) is 7.61. The zero-order chi connectivity index (χ0) is 15.2. The van der Waals surface area contributed by atoms with E-state index < -0.39 is 0 Å². The number of aromatic nitrogens is 1. The highest BCUT2D eigenvalue weighted by Gasteiger charge is 2.14. The summed E-state index contributed by atoms with van der Waals surface area (Å²) in [6.07, 6.45) is 2.03. The molecular formula is C16H22FN3S. The van der Waals surface area contributed by atoms with Crippen LogP contribution in [0.15, 0.2) is 35.8 Å². The fourth-order valence-electron chi connectivity index (χ4n) is 2.18. The zero-order valence-electron chi connectivity index (χ0n) is 12.5.